The molecule has 0 aromatic heterocycles. The summed E-state index contributed by atoms with van der Waals surface area (Å²) in [6, 6.07) is 12.7. The van der Waals surface area contributed by atoms with Crippen molar-refractivity contribution in [1.82, 2.24) is 0 Å². The lowest BCUT2D eigenvalue weighted by Gasteiger charge is -2.12. The average Bonchev–Trinajstić information content (AvgIpc) is 3.43. The molecular weight excluding hydrogens is 318 g/mol. The van der Waals surface area contributed by atoms with Gasteiger partial charge in [0.15, 0.2) is 11.5 Å². The fraction of sp³-hybridized carbons (Fsp3) is 0.350. The predicted octanol–water partition coefficient (Wildman–Crippen LogP) is 3.89. The van der Waals surface area contributed by atoms with Crippen molar-refractivity contribution in [2.24, 2.45) is 5.41 Å². The molecule has 1 aliphatic heterocycles. The molecule has 0 atom stereocenters. The topological polar surface area (TPSA) is 56.8 Å². The second-order valence-electron chi connectivity index (χ2n) is 6.62. The van der Waals surface area contributed by atoms with Gasteiger partial charge in [0.2, 0.25) is 0 Å². The molecule has 2 aromatic carbocycles. The Morgan fingerprint density at radius 3 is 2.64 bits per heavy atom. The first-order chi connectivity index (χ1) is 12.2. The van der Waals surface area contributed by atoms with Gasteiger partial charge in [-0.1, -0.05) is 12.1 Å². The van der Waals surface area contributed by atoms with Crippen molar-refractivity contribution in [1.29, 1.82) is 0 Å². The highest BCUT2D eigenvalue weighted by Crippen LogP contribution is 2.49. The summed E-state index contributed by atoms with van der Waals surface area (Å²) < 4.78 is 17.3. The Kier molecular flexibility index (Phi) is 3.99. The summed E-state index contributed by atoms with van der Waals surface area (Å²) in [5, 5.41) is 2.90. The molecule has 1 heterocycles. The van der Waals surface area contributed by atoms with Gasteiger partial charge in [0, 0.05) is 11.0 Å². The number of anilines is 1. The monoisotopic (exact) mass is 339 g/mol. The molecule has 0 radical (unpaired) electrons. The number of ether oxygens (including phenoxy) is 3. The minimum atomic E-state index is -0.205. The fourth-order valence-electron chi connectivity index (χ4n) is 2.90. The van der Waals surface area contributed by atoms with E-state index >= 15 is 0 Å². The van der Waals surface area contributed by atoms with Crippen LogP contribution in [0, 0.1) is 5.41 Å². The Balaban J connectivity index is 1.52. The van der Waals surface area contributed by atoms with E-state index in [4.69, 9.17) is 14.2 Å². The van der Waals surface area contributed by atoms with Crippen molar-refractivity contribution >= 4 is 11.6 Å². The smallest absolute Gasteiger partial charge is 0.255 e. The van der Waals surface area contributed by atoms with Crippen LogP contribution in [0.2, 0.25) is 0 Å². The molecule has 1 saturated carbocycles. The van der Waals surface area contributed by atoms with Crippen LogP contribution in [0.1, 0.15) is 30.1 Å². The van der Waals surface area contributed by atoms with Gasteiger partial charge in [0.05, 0.1) is 25.5 Å². The summed E-state index contributed by atoms with van der Waals surface area (Å²) in [6.07, 6.45) is 2.28. The summed E-state index contributed by atoms with van der Waals surface area (Å²) in [7, 11) is 0. The number of benzene rings is 2. The van der Waals surface area contributed by atoms with Crippen LogP contribution < -0.4 is 19.5 Å². The molecule has 1 N–H and O–H groups in total. The second-order valence-corrected chi connectivity index (χ2v) is 6.62. The van der Waals surface area contributed by atoms with Crippen LogP contribution in [0.3, 0.4) is 0 Å². The number of carbonyl (C=O) groups excluding carboxylic acids is 1. The number of carbonyl (C=O) groups is 1. The summed E-state index contributed by atoms with van der Waals surface area (Å²) in [4.78, 5) is 12.6. The first kappa shape index (κ1) is 15.8. The quantitative estimate of drug-likeness (QED) is 0.918. The molecule has 5 heteroatoms. The second kappa shape index (κ2) is 6.31. The highest BCUT2D eigenvalue weighted by Gasteiger charge is 2.46. The van der Waals surface area contributed by atoms with E-state index in [0.717, 1.165) is 12.8 Å². The fourth-order valence-corrected chi connectivity index (χ4v) is 2.90. The van der Waals surface area contributed by atoms with Crippen LogP contribution >= 0.6 is 0 Å². The predicted molar refractivity (Wildman–Crippen MR) is 94.7 cm³/mol. The number of fused-ring (bicyclic) bond motifs is 1. The van der Waals surface area contributed by atoms with Crippen LogP contribution in [0.5, 0.6) is 17.2 Å². The summed E-state index contributed by atoms with van der Waals surface area (Å²) in [5.41, 5.74) is 1.36. The third-order valence-electron chi connectivity index (χ3n) is 4.67. The Bertz CT molecular complexity index is 798. The summed E-state index contributed by atoms with van der Waals surface area (Å²) in [6.45, 7) is 3.79. The molecule has 0 unspecified atom stereocenters. The van der Waals surface area contributed by atoms with Gasteiger partial charge in [0.1, 0.15) is 5.75 Å². The van der Waals surface area contributed by atoms with Gasteiger partial charge in [-0.15, -0.1) is 0 Å². The first-order valence-electron chi connectivity index (χ1n) is 8.62. The van der Waals surface area contributed by atoms with Crippen molar-refractivity contribution in [2.45, 2.75) is 19.8 Å². The molecule has 5 nitrogen and oxygen atoms in total. The van der Waals surface area contributed by atoms with Gasteiger partial charge in [-0.3, -0.25) is 4.79 Å². The molecule has 4 rings (SSSR count). The van der Waals surface area contributed by atoms with Gasteiger partial charge >= 0.3 is 0 Å². The molecular formula is C20H21NO4. The number of amides is 1. The lowest BCUT2D eigenvalue weighted by Crippen LogP contribution is -2.17. The largest absolute Gasteiger partial charge is 0.492 e. The highest BCUT2D eigenvalue weighted by molar-refractivity contribution is 6.05. The minimum absolute atomic E-state index is 0.178. The highest BCUT2D eigenvalue weighted by atomic mass is 16.5. The Hall–Kier alpha value is -2.69. The number of nitrogens with one attached hydrogen (secondary N) is 1. The SMILES string of the molecule is CCOc1ccccc1NC(=O)c1ccc2c(c1)OCC1(CC1)CO2. The molecule has 1 fully saturated rings. The van der Waals surface area contributed by atoms with E-state index in [1.807, 2.05) is 31.2 Å². The Morgan fingerprint density at radius 1 is 1.12 bits per heavy atom. The number of hydrogen-bond acceptors (Lipinski definition) is 4. The van der Waals surface area contributed by atoms with Crippen molar-refractivity contribution in [3.05, 3.63) is 48.0 Å². The van der Waals surface area contributed by atoms with Crippen LogP contribution in [0.15, 0.2) is 42.5 Å². The van der Waals surface area contributed by atoms with Crippen molar-refractivity contribution in [3.63, 3.8) is 0 Å². The molecule has 2 aromatic rings. The Labute approximate surface area is 146 Å². The van der Waals surface area contributed by atoms with Gasteiger partial charge in [-0.25, -0.2) is 0 Å². The van der Waals surface area contributed by atoms with Crippen LogP contribution in [0.4, 0.5) is 5.69 Å². The molecule has 2 aliphatic rings. The number of rotatable bonds is 4. The van der Waals surface area contributed by atoms with Crippen LogP contribution in [-0.2, 0) is 0 Å². The van der Waals surface area contributed by atoms with Crippen LogP contribution in [0.25, 0.3) is 0 Å². The van der Waals surface area contributed by atoms with Gasteiger partial charge < -0.3 is 19.5 Å². The van der Waals surface area contributed by atoms with Crippen LogP contribution in [-0.4, -0.2) is 25.7 Å². The summed E-state index contributed by atoms with van der Waals surface area (Å²) >= 11 is 0. The zero-order chi connectivity index (χ0) is 17.3. The lowest BCUT2D eigenvalue weighted by atomic mass is 10.1. The molecule has 1 amide bonds. The van der Waals surface area contributed by atoms with E-state index in [0.29, 0.717) is 48.3 Å². The third-order valence-corrected chi connectivity index (χ3v) is 4.67. The van der Waals surface area contributed by atoms with E-state index in [2.05, 4.69) is 5.32 Å². The maximum Gasteiger partial charge on any atom is 0.255 e. The molecule has 130 valence electrons. The lowest BCUT2D eigenvalue weighted by molar-refractivity contribution is 0.102. The first-order valence-corrected chi connectivity index (χ1v) is 8.62. The maximum atomic E-state index is 12.6. The molecule has 25 heavy (non-hydrogen) atoms. The summed E-state index contributed by atoms with van der Waals surface area (Å²) in [5.74, 6) is 1.79. The molecule has 0 bridgehead atoms. The zero-order valence-electron chi connectivity index (χ0n) is 14.2. The Morgan fingerprint density at radius 2 is 1.88 bits per heavy atom. The number of para-hydroxylation sites is 2. The third kappa shape index (κ3) is 3.27. The van der Waals surface area contributed by atoms with Gasteiger partial charge in [-0.2, -0.15) is 0 Å². The van der Waals surface area contributed by atoms with Crippen molar-refractivity contribution < 1.29 is 19.0 Å². The van der Waals surface area contributed by atoms with E-state index in [1.54, 1.807) is 18.2 Å². The molecule has 1 spiro atoms. The number of hydrogen-bond donors (Lipinski definition) is 1. The van der Waals surface area contributed by atoms with E-state index in [1.165, 1.54) is 0 Å². The zero-order valence-corrected chi connectivity index (χ0v) is 14.2. The van der Waals surface area contributed by atoms with Gasteiger partial charge in [-0.05, 0) is 50.1 Å². The molecule has 0 saturated heterocycles. The standard InChI is InChI=1S/C20H21NO4/c1-2-23-16-6-4-3-5-15(16)21-19(22)14-7-8-17-18(11-14)25-13-20(9-10-20)12-24-17/h3-8,11H,2,9-10,12-13H2,1H3,(H,21,22). The maximum absolute atomic E-state index is 12.6. The van der Waals surface area contributed by atoms with Crippen molar-refractivity contribution in [3.8, 4) is 17.2 Å². The minimum Gasteiger partial charge on any atom is -0.492 e. The average molecular weight is 339 g/mol. The van der Waals surface area contributed by atoms with Gasteiger partial charge in [0.25, 0.3) is 5.91 Å². The van der Waals surface area contributed by atoms with E-state index in [9.17, 15) is 4.79 Å². The normalized spacial score (nSPS) is 16.8. The van der Waals surface area contributed by atoms with E-state index < -0.39 is 0 Å². The van der Waals surface area contributed by atoms with E-state index in [-0.39, 0.29) is 11.3 Å². The van der Waals surface area contributed by atoms with Crippen molar-refractivity contribution in [2.75, 3.05) is 25.1 Å². The molecule has 1 aliphatic carbocycles.